The van der Waals surface area contributed by atoms with Gasteiger partial charge in [-0.1, -0.05) is 12.8 Å². The van der Waals surface area contributed by atoms with Crippen LogP contribution in [0.4, 0.5) is 0 Å². The van der Waals surface area contributed by atoms with Crippen molar-refractivity contribution in [2.75, 3.05) is 0 Å². The predicted molar refractivity (Wildman–Crippen MR) is 29.9 cm³/mol. The highest BCUT2D eigenvalue weighted by Crippen LogP contribution is 2.28. The highest BCUT2D eigenvalue weighted by Gasteiger charge is 2.28. The number of nitrogens with one attached hydrogen (secondary N) is 1. The Morgan fingerprint density at radius 1 is 1.71 bits per heavy atom. The average Bonchev–Trinajstić information content (AvgIpc) is 2.44. The van der Waals surface area contributed by atoms with Crippen LogP contribution in [0.2, 0.25) is 0 Å². The molecule has 7 heavy (non-hydrogen) atoms. The van der Waals surface area contributed by atoms with Gasteiger partial charge >= 0.3 is 0 Å². The van der Waals surface area contributed by atoms with E-state index in [1.165, 1.54) is 0 Å². The van der Waals surface area contributed by atoms with Crippen LogP contribution < -0.4 is 4.72 Å². The standard InChI is InChI=1S/C4H7NOS/c6-4(5-7)3-1-2-3/h3,7H,1-2H2,(H,5,6). The Morgan fingerprint density at radius 2 is 2.29 bits per heavy atom. The van der Waals surface area contributed by atoms with Gasteiger partial charge in [0.15, 0.2) is 0 Å². The molecule has 3 heteroatoms. The van der Waals surface area contributed by atoms with Crippen molar-refractivity contribution >= 4 is 18.7 Å². The van der Waals surface area contributed by atoms with E-state index in [2.05, 4.69) is 17.5 Å². The van der Waals surface area contributed by atoms with Crippen LogP contribution in [0.15, 0.2) is 0 Å². The van der Waals surface area contributed by atoms with E-state index < -0.39 is 0 Å². The molecule has 0 heterocycles. The number of carbonyl (C=O) groups excluding carboxylic acids is 1. The molecule has 40 valence electrons. The summed E-state index contributed by atoms with van der Waals surface area (Å²) in [4.78, 5) is 10.4. The van der Waals surface area contributed by atoms with Gasteiger partial charge in [-0.3, -0.25) is 4.79 Å². The van der Waals surface area contributed by atoms with Crippen molar-refractivity contribution in [3.8, 4) is 0 Å². The third-order valence-corrected chi connectivity index (χ3v) is 1.28. The maximum atomic E-state index is 10.4. The zero-order valence-electron chi connectivity index (χ0n) is 3.85. The van der Waals surface area contributed by atoms with Crippen LogP contribution in [-0.2, 0) is 4.79 Å². The van der Waals surface area contributed by atoms with E-state index in [4.69, 9.17) is 0 Å². The molecule has 1 saturated carbocycles. The van der Waals surface area contributed by atoms with Crippen molar-refractivity contribution in [1.29, 1.82) is 0 Å². The molecule has 0 radical (unpaired) electrons. The Bertz CT molecular complexity index is 89.7. The summed E-state index contributed by atoms with van der Waals surface area (Å²) < 4.78 is 2.28. The first-order valence-corrected chi connectivity index (χ1v) is 2.73. The number of hydrogen-bond acceptors (Lipinski definition) is 2. The van der Waals surface area contributed by atoms with Gasteiger partial charge in [0, 0.05) is 5.92 Å². The van der Waals surface area contributed by atoms with Crippen LogP contribution in [0, 0.1) is 5.92 Å². The van der Waals surface area contributed by atoms with Crippen molar-refractivity contribution < 1.29 is 4.79 Å². The maximum absolute atomic E-state index is 10.4. The fourth-order valence-electron chi connectivity index (χ4n) is 0.437. The molecule has 1 fully saturated rings. The van der Waals surface area contributed by atoms with Crippen LogP contribution in [0.1, 0.15) is 12.8 Å². The average molecular weight is 117 g/mol. The Morgan fingerprint density at radius 3 is 2.43 bits per heavy atom. The molecule has 0 unspecified atom stereocenters. The van der Waals surface area contributed by atoms with Crippen LogP contribution >= 0.6 is 12.8 Å². The zero-order chi connectivity index (χ0) is 5.28. The summed E-state index contributed by atoms with van der Waals surface area (Å²) in [5.41, 5.74) is 0. The van der Waals surface area contributed by atoms with Gasteiger partial charge in [0.05, 0.1) is 0 Å². The molecule has 0 spiro atoms. The molecule has 0 saturated heterocycles. The van der Waals surface area contributed by atoms with Crippen molar-refractivity contribution in [3.63, 3.8) is 0 Å². The summed E-state index contributed by atoms with van der Waals surface area (Å²) >= 11 is 3.60. The van der Waals surface area contributed by atoms with Gasteiger partial charge in [-0.15, -0.1) is 0 Å². The number of rotatable bonds is 1. The normalized spacial score (nSPS) is 19.0. The molecule has 0 aliphatic heterocycles. The molecule has 1 N–H and O–H groups in total. The number of thiol groups is 1. The fourth-order valence-corrected chi connectivity index (χ4v) is 0.619. The summed E-state index contributed by atoms with van der Waals surface area (Å²) in [5.74, 6) is 0.362. The first-order chi connectivity index (χ1) is 3.34. The maximum Gasteiger partial charge on any atom is 0.232 e. The molecule has 0 aromatic rings. The van der Waals surface area contributed by atoms with Crippen LogP contribution in [0.25, 0.3) is 0 Å². The molecule has 1 aliphatic carbocycles. The highest BCUT2D eigenvalue weighted by atomic mass is 32.1. The molecule has 0 aromatic heterocycles. The quantitative estimate of drug-likeness (QED) is 0.477. The van der Waals surface area contributed by atoms with E-state index in [1.54, 1.807) is 0 Å². The lowest BCUT2D eigenvalue weighted by molar-refractivity contribution is -0.120. The molecule has 1 aliphatic rings. The molecule has 1 rings (SSSR count). The van der Waals surface area contributed by atoms with Gasteiger partial charge in [0.25, 0.3) is 0 Å². The summed E-state index contributed by atoms with van der Waals surface area (Å²) in [6, 6.07) is 0. The highest BCUT2D eigenvalue weighted by molar-refractivity contribution is 7.78. The van der Waals surface area contributed by atoms with Gasteiger partial charge in [0.2, 0.25) is 5.91 Å². The summed E-state index contributed by atoms with van der Waals surface area (Å²) in [5, 5.41) is 0. The van der Waals surface area contributed by atoms with E-state index in [1.807, 2.05) is 0 Å². The smallest absolute Gasteiger partial charge is 0.232 e. The van der Waals surface area contributed by atoms with Crippen molar-refractivity contribution in [1.82, 2.24) is 4.72 Å². The Kier molecular flexibility index (Phi) is 1.23. The predicted octanol–water partition coefficient (Wildman–Crippen LogP) is 0.357. The minimum atomic E-state index is 0.0725. The van der Waals surface area contributed by atoms with Gasteiger partial charge < -0.3 is 4.72 Å². The van der Waals surface area contributed by atoms with E-state index in [9.17, 15) is 4.79 Å². The third kappa shape index (κ3) is 1.09. The zero-order valence-corrected chi connectivity index (χ0v) is 4.74. The second-order valence-electron chi connectivity index (χ2n) is 1.75. The summed E-state index contributed by atoms with van der Waals surface area (Å²) in [6.07, 6.45) is 2.10. The lowest BCUT2D eigenvalue weighted by Gasteiger charge is -1.88. The number of carbonyl (C=O) groups is 1. The van der Waals surface area contributed by atoms with Crippen molar-refractivity contribution in [2.24, 2.45) is 5.92 Å². The number of amides is 1. The monoisotopic (exact) mass is 117 g/mol. The van der Waals surface area contributed by atoms with E-state index in [0.29, 0.717) is 0 Å². The van der Waals surface area contributed by atoms with E-state index >= 15 is 0 Å². The third-order valence-electron chi connectivity index (χ3n) is 1.06. The lowest BCUT2D eigenvalue weighted by Crippen LogP contribution is -2.13. The SMILES string of the molecule is O=C(NS)C1CC1. The molecule has 1 amide bonds. The summed E-state index contributed by atoms with van der Waals surface area (Å²) in [6.45, 7) is 0. The second-order valence-corrected chi connectivity index (χ2v) is 1.97. The molecule has 2 nitrogen and oxygen atoms in total. The van der Waals surface area contributed by atoms with Gasteiger partial charge in [-0.25, -0.2) is 0 Å². The van der Waals surface area contributed by atoms with Crippen molar-refractivity contribution in [2.45, 2.75) is 12.8 Å². The van der Waals surface area contributed by atoms with Crippen molar-refractivity contribution in [3.05, 3.63) is 0 Å². The van der Waals surface area contributed by atoms with E-state index in [-0.39, 0.29) is 11.8 Å². The minimum Gasteiger partial charge on any atom is -0.303 e. The topological polar surface area (TPSA) is 29.1 Å². The fraction of sp³-hybridized carbons (Fsp3) is 0.750. The molecule has 0 atom stereocenters. The number of hydrogen-bond donors (Lipinski definition) is 2. The summed E-state index contributed by atoms with van der Waals surface area (Å²) in [7, 11) is 0. The Balaban J connectivity index is 2.24. The molecular formula is C4H7NOS. The van der Waals surface area contributed by atoms with Crippen LogP contribution in [-0.4, -0.2) is 5.91 Å². The van der Waals surface area contributed by atoms with Crippen LogP contribution in [0.3, 0.4) is 0 Å². The molecule has 0 aromatic carbocycles. The van der Waals surface area contributed by atoms with Gasteiger partial charge in [0.1, 0.15) is 0 Å². The first kappa shape index (κ1) is 4.97. The van der Waals surface area contributed by atoms with Gasteiger partial charge in [-0.2, -0.15) is 0 Å². The first-order valence-electron chi connectivity index (χ1n) is 2.28. The lowest BCUT2D eigenvalue weighted by atomic mass is 10.4. The Hall–Kier alpha value is -0.180. The molecular weight excluding hydrogens is 110 g/mol. The Labute approximate surface area is 47.8 Å². The minimum absolute atomic E-state index is 0.0725. The van der Waals surface area contributed by atoms with Gasteiger partial charge in [-0.05, 0) is 12.8 Å². The van der Waals surface area contributed by atoms with Crippen LogP contribution in [0.5, 0.6) is 0 Å². The largest absolute Gasteiger partial charge is 0.303 e. The molecule has 0 bridgehead atoms. The van der Waals surface area contributed by atoms with E-state index in [0.717, 1.165) is 12.8 Å². The second kappa shape index (κ2) is 1.74.